The molecule has 1 fully saturated rings. The van der Waals surface area contributed by atoms with Gasteiger partial charge < -0.3 is 9.47 Å². The number of carbonyl (C=O) groups is 2. The van der Waals surface area contributed by atoms with E-state index in [1.807, 2.05) is 0 Å². The third-order valence-electron chi connectivity index (χ3n) is 4.13. The molecule has 0 unspecified atom stereocenters. The number of nitrogens with zero attached hydrogens (tertiary/aromatic N) is 4. The third-order valence-corrected chi connectivity index (χ3v) is 4.13. The van der Waals surface area contributed by atoms with Crippen LogP contribution >= 0.6 is 0 Å². The van der Waals surface area contributed by atoms with Gasteiger partial charge >= 0.3 is 0 Å². The normalized spacial score (nSPS) is 17.8. The first-order valence-electron chi connectivity index (χ1n) is 7.59. The number of halogens is 2. The van der Waals surface area contributed by atoms with Gasteiger partial charge in [-0.05, 0) is 12.8 Å². The van der Waals surface area contributed by atoms with Crippen LogP contribution in [0.3, 0.4) is 0 Å². The minimum atomic E-state index is -1.00. The molecule has 126 valence electrons. The van der Waals surface area contributed by atoms with Crippen LogP contribution in [-0.2, 0) is 7.05 Å². The summed E-state index contributed by atoms with van der Waals surface area (Å²) in [7, 11) is 1.73. The molecule has 24 heavy (non-hydrogen) atoms. The summed E-state index contributed by atoms with van der Waals surface area (Å²) in [4.78, 5) is 33.9. The highest BCUT2D eigenvalue weighted by molar-refractivity contribution is 5.96. The number of imidazole rings is 1. The highest BCUT2D eigenvalue weighted by atomic mass is 19.1. The second-order valence-electron chi connectivity index (χ2n) is 5.80. The van der Waals surface area contributed by atoms with Crippen molar-refractivity contribution in [3.8, 4) is 0 Å². The predicted octanol–water partition coefficient (Wildman–Crippen LogP) is 1.83. The summed E-state index contributed by atoms with van der Waals surface area (Å²) < 4.78 is 28.3. The van der Waals surface area contributed by atoms with Crippen LogP contribution in [0.15, 0.2) is 24.7 Å². The maximum atomic E-state index is 13.8. The Balaban J connectivity index is 1.77. The molecule has 3 rings (SSSR count). The van der Waals surface area contributed by atoms with Crippen LogP contribution in [0, 0.1) is 17.6 Å². The van der Waals surface area contributed by atoms with Gasteiger partial charge in [-0.15, -0.1) is 0 Å². The van der Waals surface area contributed by atoms with Gasteiger partial charge in [0.25, 0.3) is 5.91 Å². The fourth-order valence-corrected chi connectivity index (χ4v) is 2.88. The smallest absolute Gasteiger partial charge is 0.275 e. The molecule has 6 nitrogen and oxygen atoms in total. The lowest BCUT2D eigenvalue weighted by Gasteiger charge is -2.31. The number of hydrogen-bond donors (Lipinski definition) is 0. The van der Waals surface area contributed by atoms with E-state index >= 15 is 0 Å². The molecule has 0 radical (unpaired) electrons. The van der Waals surface area contributed by atoms with Gasteiger partial charge in [0, 0.05) is 44.5 Å². The maximum Gasteiger partial charge on any atom is 0.275 e. The first kappa shape index (κ1) is 16.2. The number of carbonyl (C=O) groups excluding carboxylic acids is 2. The number of amides is 1. The van der Waals surface area contributed by atoms with E-state index in [1.54, 1.807) is 17.8 Å². The van der Waals surface area contributed by atoms with Crippen molar-refractivity contribution < 1.29 is 18.4 Å². The fraction of sp³-hybridized carbons (Fsp3) is 0.375. The van der Waals surface area contributed by atoms with Crippen molar-refractivity contribution in [1.29, 1.82) is 0 Å². The summed E-state index contributed by atoms with van der Waals surface area (Å²) in [5.74, 6) is -2.69. The Morgan fingerprint density at radius 2 is 2.08 bits per heavy atom. The number of likely N-dealkylation sites (tertiary alicyclic amines) is 1. The van der Waals surface area contributed by atoms with E-state index in [1.165, 1.54) is 11.1 Å². The zero-order valence-corrected chi connectivity index (χ0v) is 13.1. The molecule has 2 aromatic heterocycles. The number of hydrogen-bond acceptors (Lipinski definition) is 4. The second-order valence-corrected chi connectivity index (χ2v) is 5.80. The quantitative estimate of drug-likeness (QED) is 0.803. The van der Waals surface area contributed by atoms with Crippen molar-refractivity contribution in [3.05, 3.63) is 47.8 Å². The van der Waals surface area contributed by atoms with Crippen LogP contribution < -0.4 is 0 Å². The van der Waals surface area contributed by atoms with E-state index in [9.17, 15) is 18.4 Å². The van der Waals surface area contributed by atoms with Crippen LogP contribution in [0.4, 0.5) is 8.78 Å². The molecule has 0 aliphatic carbocycles. The van der Waals surface area contributed by atoms with Gasteiger partial charge in [-0.1, -0.05) is 0 Å². The lowest BCUT2D eigenvalue weighted by Crippen LogP contribution is -2.43. The molecule has 3 heterocycles. The Labute approximate surface area is 137 Å². The topological polar surface area (TPSA) is 68.1 Å². The van der Waals surface area contributed by atoms with E-state index in [4.69, 9.17) is 0 Å². The van der Waals surface area contributed by atoms with E-state index in [-0.39, 0.29) is 12.3 Å². The standard InChI is InChI=1S/C16H16F2N4O2/c1-21-6-4-19-15(21)14(23)10-3-2-5-22(9-10)16(24)13-12(18)7-11(17)8-20-13/h4,6-8,10H,2-3,5,9H2,1H3/t10-/m1/s1. The van der Waals surface area contributed by atoms with E-state index in [0.717, 1.165) is 6.20 Å². The monoisotopic (exact) mass is 334 g/mol. The maximum absolute atomic E-state index is 13.8. The molecule has 1 saturated heterocycles. The first-order valence-corrected chi connectivity index (χ1v) is 7.59. The highest BCUT2D eigenvalue weighted by Crippen LogP contribution is 2.22. The number of pyridine rings is 1. The van der Waals surface area contributed by atoms with E-state index in [2.05, 4.69) is 9.97 Å². The Kier molecular flexibility index (Phi) is 4.37. The summed E-state index contributed by atoms with van der Waals surface area (Å²) in [5.41, 5.74) is -0.429. The number of rotatable bonds is 3. The molecule has 0 spiro atoms. The number of ketones is 1. The summed E-state index contributed by atoms with van der Waals surface area (Å²) in [6.45, 7) is 0.574. The Morgan fingerprint density at radius 1 is 1.29 bits per heavy atom. The van der Waals surface area contributed by atoms with Crippen LogP contribution in [0.1, 0.15) is 33.9 Å². The van der Waals surface area contributed by atoms with Gasteiger partial charge in [0.15, 0.2) is 17.3 Å². The fourth-order valence-electron chi connectivity index (χ4n) is 2.88. The zero-order valence-electron chi connectivity index (χ0n) is 13.1. The minimum Gasteiger partial charge on any atom is -0.336 e. The van der Waals surface area contributed by atoms with Crippen LogP contribution in [0.2, 0.25) is 0 Å². The van der Waals surface area contributed by atoms with Gasteiger partial charge in [-0.3, -0.25) is 9.59 Å². The SMILES string of the molecule is Cn1ccnc1C(=O)[C@@H]1CCCN(C(=O)c2ncc(F)cc2F)C1. The molecule has 0 bridgehead atoms. The number of aromatic nitrogens is 3. The van der Waals surface area contributed by atoms with Crippen LogP contribution in [-0.4, -0.2) is 44.2 Å². The van der Waals surface area contributed by atoms with Gasteiger partial charge in [-0.25, -0.2) is 18.7 Å². The van der Waals surface area contributed by atoms with Crippen molar-refractivity contribution in [2.24, 2.45) is 13.0 Å². The average molecular weight is 334 g/mol. The van der Waals surface area contributed by atoms with Crippen LogP contribution in [0.5, 0.6) is 0 Å². The van der Waals surface area contributed by atoms with Crippen molar-refractivity contribution >= 4 is 11.7 Å². The molecule has 0 N–H and O–H groups in total. The first-order chi connectivity index (χ1) is 11.5. The molecule has 0 aromatic carbocycles. The second kappa shape index (κ2) is 6.46. The molecule has 1 amide bonds. The van der Waals surface area contributed by atoms with Crippen molar-refractivity contribution in [2.75, 3.05) is 13.1 Å². The number of piperidine rings is 1. The molecule has 1 atom stereocenters. The van der Waals surface area contributed by atoms with E-state index < -0.39 is 29.2 Å². The van der Waals surface area contributed by atoms with Crippen molar-refractivity contribution in [2.45, 2.75) is 12.8 Å². The zero-order chi connectivity index (χ0) is 17.3. The molecule has 2 aromatic rings. The van der Waals surface area contributed by atoms with Gasteiger partial charge in [-0.2, -0.15) is 0 Å². The summed E-state index contributed by atoms with van der Waals surface area (Å²) in [5, 5.41) is 0. The number of Topliss-reactive ketones (excluding diaryl/α,β-unsaturated/α-hetero) is 1. The largest absolute Gasteiger partial charge is 0.336 e. The number of aryl methyl sites for hydroxylation is 1. The van der Waals surface area contributed by atoms with Crippen molar-refractivity contribution in [3.63, 3.8) is 0 Å². The van der Waals surface area contributed by atoms with Crippen LogP contribution in [0.25, 0.3) is 0 Å². The Morgan fingerprint density at radius 3 is 2.75 bits per heavy atom. The minimum absolute atomic E-state index is 0.146. The van der Waals surface area contributed by atoms with Gasteiger partial charge in [0.1, 0.15) is 5.82 Å². The lowest BCUT2D eigenvalue weighted by molar-refractivity contribution is 0.0624. The molecule has 1 aliphatic rings. The highest BCUT2D eigenvalue weighted by Gasteiger charge is 2.32. The third kappa shape index (κ3) is 3.04. The Hall–Kier alpha value is -2.64. The molecular formula is C16H16F2N4O2. The van der Waals surface area contributed by atoms with Gasteiger partial charge in [0.2, 0.25) is 5.78 Å². The van der Waals surface area contributed by atoms with Gasteiger partial charge in [0.05, 0.1) is 6.20 Å². The summed E-state index contributed by atoms with van der Waals surface area (Å²) in [6, 6.07) is 0.626. The lowest BCUT2D eigenvalue weighted by atomic mass is 9.93. The summed E-state index contributed by atoms with van der Waals surface area (Å²) in [6.07, 6.45) is 5.27. The molecule has 8 heteroatoms. The molecule has 0 saturated carbocycles. The average Bonchev–Trinajstić information content (AvgIpc) is 3.00. The Bertz CT molecular complexity index is 790. The van der Waals surface area contributed by atoms with Crippen molar-refractivity contribution in [1.82, 2.24) is 19.4 Å². The summed E-state index contributed by atoms with van der Waals surface area (Å²) >= 11 is 0. The molecular weight excluding hydrogens is 318 g/mol. The van der Waals surface area contributed by atoms with E-state index in [0.29, 0.717) is 31.3 Å². The predicted molar refractivity (Wildman–Crippen MR) is 80.3 cm³/mol. The molecule has 1 aliphatic heterocycles.